The highest BCUT2D eigenvalue weighted by Crippen LogP contribution is 2.28. The van der Waals surface area contributed by atoms with Crippen LogP contribution in [0.25, 0.3) is 0 Å². The molecule has 1 aliphatic carbocycles. The first-order valence-electron chi connectivity index (χ1n) is 6.00. The van der Waals surface area contributed by atoms with E-state index in [1.807, 2.05) is 0 Å². The minimum atomic E-state index is -0.187. The van der Waals surface area contributed by atoms with Crippen LogP contribution in [-0.4, -0.2) is 26.2 Å². The molecule has 0 heterocycles. The van der Waals surface area contributed by atoms with Crippen molar-refractivity contribution in [2.24, 2.45) is 5.92 Å². The maximum atomic E-state index is 11.6. The van der Waals surface area contributed by atoms with Crippen LogP contribution >= 0.6 is 0 Å². The van der Waals surface area contributed by atoms with Crippen molar-refractivity contribution in [3.63, 3.8) is 0 Å². The summed E-state index contributed by atoms with van der Waals surface area (Å²) in [6.45, 7) is 0.744. The molecule has 3 N–H and O–H groups in total. The zero-order valence-corrected chi connectivity index (χ0v) is 10.4. The van der Waals surface area contributed by atoms with Crippen LogP contribution in [0.4, 0.5) is 11.4 Å². The summed E-state index contributed by atoms with van der Waals surface area (Å²) in [5.74, 6) is 1.13. The summed E-state index contributed by atoms with van der Waals surface area (Å²) >= 11 is 0. The number of nitrogens with two attached hydrogens (primary N) is 1. The van der Waals surface area contributed by atoms with Gasteiger partial charge in [0.2, 0.25) is 5.91 Å². The molecular formula is C13H18N2O3. The summed E-state index contributed by atoms with van der Waals surface area (Å²) in [5.41, 5.74) is 6.85. The van der Waals surface area contributed by atoms with Crippen LogP contribution < -0.4 is 15.8 Å². The van der Waals surface area contributed by atoms with Crippen LogP contribution in [0.5, 0.6) is 5.75 Å². The molecule has 1 saturated carbocycles. The number of hydrogen-bond donors (Lipinski definition) is 2. The van der Waals surface area contributed by atoms with Crippen LogP contribution in [-0.2, 0) is 9.53 Å². The average Bonchev–Trinajstić information content (AvgIpc) is 3.16. The first-order chi connectivity index (χ1) is 8.69. The van der Waals surface area contributed by atoms with Gasteiger partial charge in [0.05, 0.1) is 25.1 Å². The molecule has 0 atom stereocenters. The zero-order chi connectivity index (χ0) is 13.0. The fraction of sp³-hybridized carbons (Fsp3) is 0.462. The third-order valence-corrected chi connectivity index (χ3v) is 2.82. The number of hydrogen-bond acceptors (Lipinski definition) is 4. The minimum absolute atomic E-state index is 0.0714. The van der Waals surface area contributed by atoms with Gasteiger partial charge >= 0.3 is 0 Å². The molecule has 0 unspecified atom stereocenters. The van der Waals surface area contributed by atoms with Crippen LogP contribution in [0.3, 0.4) is 0 Å². The molecule has 0 radical (unpaired) electrons. The monoisotopic (exact) mass is 250 g/mol. The second kappa shape index (κ2) is 5.73. The van der Waals surface area contributed by atoms with E-state index in [1.165, 1.54) is 12.8 Å². The quantitative estimate of drug-likeness (QED) is 0.753. The van der Waals surface area contributed by atoms with Crippen molar-refractivity contribution < 1.29 is 14.3 Å². The van der Waals surface area contributed by atoms with Crippen LogP contribution in [0, 0.1) is 5.92 Å². The van der Waals surface area contributed by atoms with Gasteiger partial charge in [0.15, 0.2) is 0 Å². The lowest BCUT2D eigenvalue weighted by Crippen LogP contribution is -2.19. The van der Waals surface area contributed by atoms with E-state index < -0.39 is 0 Å². The number of rotatable bonds is 6. The molecule has 2 rings (SSSR count). The highest BCUT2D eigenvalue weighted by molar-refractivity contribution is 5.94. The Morgan fingerprint density at radius 2 is 2.28 bits per heavy atom. The Balaban J connectivity index is 1.81. The standard InChI is InChI=1S/C13H18N2O3/c1-17-10-4-5-12(11(14)6-10)15-13(16)8-18-7-9-2-3-9/h4-6,9H,2-3,7-8,14H2,1H3,(H,15,16). The summed E-state index contributed by atoms with van der Waals surface area (Å²) < 4.78 is 10.3. The fourth-order valence-corrected chi connectivity index (χ4v) is 1.57. The Kier molecular flexibility index (Phi) is 4.04. The number of nitrogens with one attached hydrogen (secondary N) is 1. The van der Waals surface area contributed by atoms with Crippen molar-refractivity contribution in [3.8, 4) is 5.75 Å². The Morgan fingerprint density at radius 3 is 2.89 bits per heavy atom. The van der Waals surface area contributed by atoms with E-state index in [4.69, 9.17) is 15.2 Å². The molecule has 5 heteroatoms. The summed E-state index contributed by atoms with van der Waals surface area (Å²) in [6, 6.07) is 5.13. The highest BCUT2D eigenvalue weighted by Gasteiger charge is 2.21. The van der Waals surface area contributed by atoms with Crippen molar-refractivity contribution >= 4 is 17.3 Å². The number of nitrogen functional groups attached to an aromatic ring is 1. The van der Waals surface area contributed by atoms with Gasteiger partial charge in [0, 0.05) is 6.07 Å². The summed E-state index contributed by atoms with van der Waals surface area (Å²) in [7, 11) is 1.57. The predicted octanol–water partition coefficient (Wildman–Crippen LogP) is 1.64. The summed E-state index contributed by atoms with van der Waals surface area (Å²) in [6.07, 6.45) is 2.43. The normalized spacial score (nSPS) is 14.3. The minimum Gasteiger partial charge on any atom is -0.497 e. The van der Waals surface area contributed by atoms with Gasteiger partial charge in [-0.05, 0) is 30.9 Å². The van der Waals surface area contributed by atoms with Gasteiger partial charge in [-0.25, -0.2) is 0 Å². The molecule has 1 aromatic carbocycles. The van der Waals surface area contributed by atoms with Crippen LogP contribution in [0.1, 0.15) is 12.8 Å². The number of ether oxygens (including phenoxy) is 2. The number of amides is 1. The first-order valence-corrected chi connectivity index (χ1v) is 6.00. The third-order valence-electron chi connectivity index (χ3n) is 2.82. The van der Waals surface area contributed by atoms with Crippen molar-refractivity contribution in [1.29, 1.82) is 0 Å². The Labute approximate surface area is 106 Å². The summed E-state index contributed by atoms with van der Waals surface area (Å²) in [4.78, 5) is 11.6. The van der Waals surface area contributed by atoms with E-state index >= 15 is 0 Å². The van der Waals surface area contributed by atoms with Gasteiger partial charge in [-0.2, -0.15) is 0 Å². The molecule has 5 nitrogen and oxygen atoms in total. The maximum Gasteiger partial charge on any atom is 0.250 e. The molecule has 98 valence electrons. The molecule has 0 bridgehead atoms. The molecule has 18 heavy (non-hydrogen) atoms. The van der Waals surface area contributed by atoms with E-state index in [9.17, 15) is 4.79 Å². The van der Waals surface area contributed by atoms with Crippen molar-refractivity contribution in [3.05, 3.63) is 18.2 Å². The van der Waals surface area contributed by atoms with Gasteiger partial charge in [-0.1, -0.05) is 0 Å². The smallest absolute Gasteiger partial charge is 0.250 e. The van der Waals surface area contributed by atoms with E-state index in [-0.39, 0.29) is 12.5 Å². The second-order valence-electron chi connectivity index (χ2n) is 4.46. The van der Waals surface area contributed by atoms with Gasteiger partial charge < -0.3 is 20.5 Å². The second-order valence-corrected chi connectivity index (χ2v) is 4.46. The lowest BCUT2D eigenvalue weighted by atomic mass is 10.2. The fourth-order valence-electron chi connectivity index (χ4n) is 1.57. The predicted molar refractivity (Wildman–Crippen MR) is 69.6 cm³/mol. The zero-order valence-electron chi connectivity index (χ0n) is 10.4. The van der Waals surface area contributed by atoms with Crippen molar-refractivity contribution in [2.75, 3.05) is 31.4 Å². The average molecular weight is 250 g/mol. The van der Waals surface area contributed by atoms with E-state index in [2.05, 4.69) is 5.32 Å². The highest BCUT2D eigenvalue weighted by atomic mass is 16.5. The number of carbonyl (C=O) groups is 1. The number of carbonyl (C=O) groups excluding carboxylic acids is 1. The molecule has 1 aliphatic rings. The SMILES string of the molecule is COc1ccc(NC(=O)COCC2CC2)c(N)c1. The number of methoxy groups -OCH3 is 1. The lowest BCUT2D eigenvalue weighted by molar-refractivity contribution is -0.120. The summed E-state index contributed by atoms with van der Waals surface area (Å²) in [5, 5.41) is 2.71. The van der Waals surface area contributed by atoms with Gasteiger partial charge in [-0.15, -0.1) is 0 Å². The van der Waals surface area contributed by atoms with Gasteiger partial charge in [0.25, 0.3) is 0 Å². The Morgan fingerprint density at radius 1 is 1.50 bits per heavy atom. The van der Waals surface area contributed by atoms with E-state index in [0.29, 0.717) is 29.6 Å². The molecule has 0 aliphatic heterocycles. The Bertz CT molecular complexity index is 430. The topological polar surface area (TPSA) is 73.6 Å². The van der Waals surface area contributed by atoms with E-state index in [1.54, 1.807) is 25.3 Å². The number of benzene rings is 1. The molecular weight excluding hydrogens is 232 g/mol. The van der Waals surface area contributed by atoms with Crippen LogP contribution in [0.2, 0.25) is 0 Å². The Hall–Kier alpha value is -1.75. The maximum absolute atomic E-state index is 11.6. The molecule has 0 spiro atoms. The largest absolute Gasteiger partial charge is 0.497 e. The van der Waals surface area contributed by atoms with Crippen LogP contribution in [0.15, 0.2) is 18.2 Å². The molecule has 1 aromatic rings. The molecule has 0 saturated heterocycles. The molecule has 1 amide bonds. The number of anilines is 2. The third kappa shape index (κ3) is 3.63. The molecule has 1 fully saturated rings. The molecule has 0 aromatic heterocycles. The van der Waals surface area contributed by atoms with E-state index in [0.717, 1.165) is 0 Å². The van der Waals surface area contributed by atoms with Gasteiger partial charge in [-0.3, -0.25) is 4.79 Å². The van der Waals surface area contributed by atoms with Crippen molar-refractivity contribution in [1.82, 2.24) is 0 Å². The first kappa shape index (κ1) is 12.7. The van der Waals surface area contributed by atoms with Gasteiger partial charge in [0.1, 0.15) is 12.4 Å². The van der Waals surface area contributed by atoms with Crippen molar-refractivity contribution in [2.45, 2.75) is 12.8 Å². The lowest BCUT2D eigenvalue weighted by Gasteiger charge is -2.09.